The van der Waals surface area contributed by atoms with Crippen LogP contribution in [0.1, 0.15) is 16.9 Å². The third kappa shape index (κ3) is 6.77. The molecule has 1 aromatic rings. The van der Waals surface area contributed by atoms with Crippen molar-refractivity contribution < 1.29 is 9.53 Å². The Morgan fingerprint density at radius 3 is 2.83 bits per heavy atom. The Hall–Kier alpha value is -1.77. The molecule has 1 amide bonds. The van der Waals surface area contributed by atoms with Gasteiger partial charge in [-0.25, -0.2) is 9.97 Å². The van der Waals surface area contributed by atoms with Crippen molar-refractivity contribution in [2.75, 3.05) is 71.9 Å². The number of nitrogens with one attached hydrogen (secondary N) is 2. The summed E-state index contributed by atoms with van der Waals surface area (Å²) in [5.74, 6) is 0.518. The number of hydrogen-bond donors (Lipinski definition) is 2. The van der Waals surface area contributed by atoms with Gasteiger partial charge in [0.15, 0.2) is 0 Å². The molecular formula is C16H28N6O2. The molecule has 0 bridgehead atoms. The summed E-state index contributed by atoms with van der Waals surface area (Å²) in [6.07, 6.45) is 2.43. The molecule has 2 rings (SSSR count). The predicted molar refractivity (Wildman–Crippen MR) is 93.3 cm³/mol. The number of anilines is 1. The standard InChI is InChI=1S/C16H28N6O2/c1-21(2)6-3-4-17-15-12-14(19-13-20-15)16(23)18-5-7-22-8-10-24-11-9-22/h12-13H,3-11H2,1-2H3,(H,18,23)(H,17,19,20). The molecule has 8 nitrogen and oxygen atoms in total. The van der Waals surface area contributed by atoms with Crippen molar-refractivity contribution in [3.05, 3.63) is 18.1 Å². The highest BCUT2D eigenvalue weighted by Crippen LogP contribution is 2.04. The van der Waals surface area contributed by atoms with Crippen LogP contribution in [-0.4, -0.2) is 92.3 Å². The van der Waals surface area contributed by atoms with Crippen LogP contribution in [0.3, 0.4) is 0 Å². The van der Waals surface area contributed by atoms with Crippen LogP contribution < -0.4 is 10.6 Å². The maximum Gasteiger partial charge on any atom is 0.270 e. The number of aromatic nitrogens is 2. The first-order valence-electron chi connectivity index (χ1n) is 8.44. The van der Waals surface area contributed by atoms with E-state index in [1.54, 1.807) is 6.07 Å². The van der Waals surface area contributed by atoms with Crippen molar-refractivity contribution in [3.8, 4) is 0 Å². The minimum absolute atomic E-state index is 0.165. The predicted octanol–water partition coefficient (Wildman–Crippen LogP) is -0.0978. The van der Waals surface area contributed by atoms with E-state index in [1.165, 1.54) is 6.33 Å². The van der Waals surface area contributed by atoms with Crippen LogP contribution in [-0.2, 0) is 4.74 Å². The van der Waals surface area contributed by atoms with Gasteiger partial charge in [0.25, 0.3) is 5.91 Å². The molecule has 0 unspecified atom stereocenters. The molecule has 0 aliphatic carbocycles. The van der Waals surface area contributed by atoms with E-state index in [1.807, 2.05) is 14.1 Å². The minimum Gasteiger partial charge on any atom is -0.379 e. The second kappa shape index (κ2) is 10.2. The molecule has 1 aliphatic heterocycles. The Bertz CT molecular complexity index is 505. The second-order valence-corrected chi connectivity index (χ2v) is 6.08. The van der Waals surface area contributed by atoms with Gasteiger partial charge in [-0.2, -0.15) is 0 Å². The first kappa shape index (κ1) is 18.6. The summed E-state index contributed by atoms with van der Waals surface area (Å²) in [5, 5.41) is 6.13. The first-order chi connectivity index (χ1) is 11.6. The lowest BCUT2D eigenvalue weighted by Crippen LogP contribution is -2.41. The Kier molecular flexibility index (Phi) is 7.87. The number of carbonyl (C=O) groups is 1. The third-order valence-corrected chi connectivity index (χ3v) is 3.81. The third-order valence-electron chi connectivity index (χ3n) is 3.81. The van der Waals surface area contributed by atoms with E-state index in [0.29, 0.717) is 18.1 Å². The van der Waals surface area contributed by atoms with E-state index in [-0.39, 0.29) is 5.91 Å². The van der Waals surface area contributed by atoms with Gasteiger partial charge in [0, 0.05) is 38.8 Å². The van der Waals surface area contributed by atoms with E-state index in [4.69, 9.17) is 4.74 Å². The lowest BCUT2D eigenvalue weighted by atomic mass is 10.3. The van der Waals surface area contributed by atoms with Crippen molar-refractivity contribution in [2.45, 2.75) is 6.42 Å². The fourth-order valence-electron chi connectivity index (χ4n) is 2.43. The highest BCUT2D eigenvalue weighted by atomic mass is 16.5. The second-order valence-electron chi connectivity index (χ2n) is 6.08. The maximum atomic E-state index is 12.2. The Morgan fingerprint density at radius 2 is 2.08 bits per heavy atom. The number of hydrogen-bond acceptors (Lipinski definition) is 7. The number of rotatable bonds is 9. The van der Waals surface area contributed by atoms with Gasteiger partial charge >= 0.3 is 0 Å². The lowest BCUT2D eigenvalue weighted by Gasteiger charge is -2.26. The SMILES string of the molecule is CN(C)CCCNc1cc(C(=O)NCCN2CCOCC2)ncn1. The van der Waals surface area contributed by atoms with Crippen LogP contribution in [0.15, 0.2) is 12.4 Å². The first-order valence-corrected chi connectivity index (χ1v) is 8.44. The summed E-state index contributed by atoms with van der Waals surface area (Å²) in [6.45, 7) is 6.63. The van der Waals surface area contributed by atoms with Crippen LogP contribution in [0, 0.1) is 0 Å². The average Bonchev–Trinajstić information content (AvgIpc) is 2.60. The molecule has 1 saturated heterocycles. The van der Waals surface area contributed by atoms with Crippen LogP contribution in [0.4, 0.5) is 5.82 Å². The number of amides is 1. The van der Waals surface area contributed by atoms with Gasteiger partial charge < -0.3 is 20.3 Å². The summed E-state index contributed by atoms with van der Waals surface area (Å²) in [6, 6.07) is 1.69. The van der Waals surface area contributed by atoms with Crippen molar-refractivity contribution >= 4 is 11.7 Å². The largest absolute Gasteiger partial charge is 0.379 e. The van der Waals surface area contributed by atoms with E-state index < -0.39 is 0 Å². The molecule has 0 saturated carbocycles. The molecule has 8 heteroatoms. The Morgan fingerprint density at radius 1 is 1.29 bits per heavy atom. The highest BCUT2D eigenvalue weighted by molar-refractivity contribution is 5.92. The van der Waals surface area contributed by atoms with Gasteiger partial charge in [0.05, 0.1) is 13.2 Å². The van der Waals surface area contributed by atoms with E-state index in [2.05, 4.69) is 30.4 Å². The van der Waals surface area contributed by atoms with Crippen molar-refractivity contribution in [1.29, 1.82) is 0 Å². The monoisotopic (exact) mass is 336 g/mol. The fraction of sp³-hybridized carbons (Fsp3) is 0.688. The Labute approximate surface area is 143 Å². The van der Waals surface area contributed by atoms with Crippen molar-refractivity contribution in [3.63, 3.8) is 0 Å². The van der Waals surface area contributed by atoms with E-state index in [0.717, 1.165) is 52.4 Å². The zero-order chi connectivity index (χ0) is 17.2. The molecule has 1 aliphatic rings. The molecule has 2 N–H and O–H groups in total. The molecule has 1 aromatic heterocycles. The minimum atomic E-state index is -0.165. The number of carbonyl (C=O) groups excluding carboxylic acids is 1. The fourth-order valence-corrected chi connectivity index (χ4v) is 2.43. The zero-order valence-corrected chi connectivity index (χ0v) is 14.6. The van der Waals surface area contributed by atoms with Crippen molar-refractivity contribution in [1.82, 2.24) is 25.1 Å². The topological polar surface area (TPSA) is 82.6 Å². The molecule has 0 atom stereocenters. The number of morpholine rings is 1. The highest BCUT2D eigenvalue weighted by Gasteiger charge is 2.12. The number of ether oxygens (including phenoxy) is 1. The molecule has 134 valence electrons. The van der Waals surface area contributed by atoms with Gasteiger partial charge in [0.1, 0.15) is 17.8 Å². The lowest BCUT2D eigenvalue weighted by molar-refractivity contribution is 0.0383. The van der Waals surface area contributed by atoms with Gasteiger partial charge in [-0.1, -0.05) is 0 Å². The normalized spacial score (nSPS) is 15.5. The van der Waals surface area contributed by atoms with Crippen molar-refractivity contribution in [2.24, 2.45) is 0 Å². The van der Waals surface area contributed by atoms with Crippen LogP contribution >= 0.6 is 0 Å². The summed E-state index contributed by atoms with van der Waals surface area (Å²) >= 11 is 0. The van der Waals surface area contributed by atoms with Gasteiger partial charge in [-0.3, -0.25) is 9.69 Å². The van der Waals surface area contributed by atoms with E-state index >= 15 is 0 Å². The van der Waals surface area contributed by atoms with E-state index in [9.17, 15) is 4.79 Å². The molecule has 1 fully saturated rings. The molecule has 0 aromatic carbocycles. The maximum absolute atomic E-state index is 12.2. The molecule has 0 spiro atoms. The molecule has 0 radical (unpaired) electrons. The summed E-state index contributed by atoms with van der Waals surface area (Å²) in [4.78, 5) is 24.8. The average molecular weight is 336 g/mol. The van der Waals surface area contributed by atoms with Crippen LogP contribution in [0.5, 0.6) is 0 Å². The van der Waals surface area contributed by atoms with Crippen LogP contribution in [0.2, 0.25) is 0 Å². The Balaban J connectivity index is 1.72. The van der Waals surface area contributed by atoms with Crippen LogP contribution in [0.25, 0.3) is 0 Å². The molecular weight excluding hydrogens is 308 g/mol. The molecule has 24 heavy (non-hydrogen) atoms. The zero-order valence-electron chi connectivity index (χ0n) is 14.6. The smallest absolute Gasteiger partial charge is 0.270 e. The summed E-state index contributed by atoms with van der Waals surface area (Å²) in [7, 11) is 4.09. The quantitative estimate of drug-likeness (QED) is 0.610. The van der Waals surface area contributed by atoms with Gasteiger partial charge in [0.2, 0.25) is 0 Å². The number of nitrogens with zero attached hydrogens (tertiary/aromatic N) is 4. The molecule has 2 heterocycles. The van der Waals surface area contributed by atoms with Gasteiger partial charge in [-0.15, -0.1) is 0 Å². The van der Waals surface area contributed by atoms with Gasteiger partial charge in [-0.05, 0) is 27.1 Å². The summed E-state index contributed by atoms with van der Waals surface area (Å²) < 4.78 is 5.31. The summed E-state index contributed by atoms with van der Waals surface area (Å²) in [5.41, 5.74) is 0.391.